The van der Waals surface area contributed by atoms with Crippen molar-refractivity contribution in [2.24, 2.45) is 0 Å². The molecule has 2 atom stereocenters. The first-order chi connectivity index (χ1) is 14.4. The van der Waals surface area contributed by atoms with Crippen LogP contribution in [0.25, 0.3) is 0 Å². The molecule has 0 spiro atoms. The van der Waals surface area contributed by atoms with E-state index in [2.05, 4.69) is 156 Å². The summed E-state index contributed by atoms with van der Waals surface area (Å²) >= 11 is 5.37. The van der Waals surface area contributed by atoms with Crippen molar-refractivity contribution in [3.63, 3.8) is 0 Å². The lowest BCUT2D eigenvalue weighted by Gasteiger charge is -2.44. The second-order valence-corrected chi connectivity index (χ2v) is 11.2. The average Bonchev–Trinajstić information content (AvgIpc) is 2.79. The van der Waals surface area contributed by atoms with Crippen LogP contribution in [0, 0.1) is 0 Å². The molecule has 0 bridgehead atoms. The van der Waals surface area contributed by atoms with Gasteiger partial charge >= 0.3 is 0 Å². The van der Waals surface area contributed by atoms with Crippen LogP contribution in [0.5, 0.6) is 5.75 Å². The third kappa shape index (κ3) is 4.86. The highest BCUT2D eigenvalue weighted by Gasteiger charge is 2.50. The molecule has 3 aromatic carbocycles. The average molecular weight is 625 g/mol. The van der Waals surface area contributed by atoms with E-state index in [4.69, 9.17) is 4.74 Å². The van der Waals surface area contributed by atoms with Crippen LogP contribution in [-0.4, -0.2) is 32.1 Å². The van der Waals surface area contributed by atoms with Crippen LogP contribution in [0.4, 0.5) is 0 Å². The zero-order chi connectivity index (χ0) is 21.6. The summed E-state index contributed by atoms with van der Waals surface area (Å²) in [6.07, 6.45) is 1.01. The summed E-state index contributed by atoms with van der Waals surface area (Å²) in [5, 5.41) is 0. The Bertz CT molecular complexity index is 915. The Morgan fingerprint density at radius 1 is 0.733 bits per heavy atom. The van der Waals surface area contributed by atoms with Gasteiger partial charge in [-0.15, -0.1) is 0 Å². The largest absolute Gasteiger partial charge is 0.492 e. The van der Waals surface area contributed by atoms with Crippen molar-refractivity contribution >= 4 is 45.2 Å². The van der Waals surface area contributed by atoms with Gasteiger partial charge in [-0.3, -0.25) is 0 Å². The SMILES string of the molecule is CCC(I)(c1ccccc1)C(I)(c1ccccc1)c1ccc(OCCN(C)C)cc1. The van der Waals surface area contributed by atoms with Crippen LogP contribution in [0.1, 0.15) is 30.0 Å². The number of benzene rings is 3. The van der Waals surface area contributed by atoms with Gasteiger partial charge in [-0.25, -0.2) is 0 Å². The van der Waals surface area contributed by atoms with Crippen LogP contribution in [-0.2, 0) is 6.84 Å². The zero-order valence-corrected chi connectivity index (χ0v) is 22.1. The van der Waals surface area contributed by atoms with Crippen molar-refractivity contribution in [1.82, 2.24) is 4.90 Å². The fraction of sp³-hybridized carbons (Fsp3) is 0.308. The van der Waals surface area contributed by atoms with Crippen molar-refractivity contribution in [3.8, 4) is 5.75 Å². The summed E-state index contributed by atoms with van der Waals surface area (Å²) in [6, 6.07) is 30.4. The number of nitrogens with zero attached hydrogens (tertiary/aromatic N) is 1. The van der Waals surface area contributed by atoms with Gasteiger partial charge in [0.1, 0.15) is 12.4 Å². The molecule has 0 amide bonds. The van der Waals surface area contributed by atoms with Gasteiger partial charge in [0.05, 0.1) is 6.84 Å². The molecule has 4 heteroatoms. The molecule has 0 fully saturated rings. The highest BCUT2D eigenvalue weighted by molar-refractivity contribution is 14.1. The normalized spacial score (nSPS) is 15.4. The van der Waals surface area contributed by atoms with Gasteiger partial charge in [0.15, 0.2) is 0 Å². The Balaban J connectivity index is 2.05. The molecule has 0 aliphatic heterocycles. The van der Waals surface area contributed by atoms with Crippen molar-refractivity contribution in [2.45, 2.75) is 20.2 Å². The topological polar surface area (TPSA) is 12.5 Å². The number of likely N-dealkylation sites (N-methyl/N-ethyl adjacent to an activating group) is 1. The van der Waals surface area contributed by atoms with E-state index in [0.29, 0.717) is 6.61 Å². The number of ether oxygens (including phenoxy) is 1. The summed E-state index contributed by atoms with van der Waals surface area (Å²) in [5.41, 5.74) is 3.94. The molecular weight excluding hydrogens is 596 g/mol. The highest BCUT2D eigenvalue weighted by atomic mass is 127. The molecule has 0 saturated heterocycles. The molecule has 3 aromatic rings. The second-order valence-electron chi connectivity index (χ2n) is 7.72. The predicted molar refractivity (Wildman–Crippen MR) is 144 cm³/mol. The maximum atomic E-state index is 5.94. The Morgan fingerprint density at radius 3 is 1.73 bits per heavy atom. The van der Waals surface area contributed by atoms with Crippen LogP contribution >= 0.6 is 45.2 Å². The molecule has 0 saturated carbocycles. The zero-order valence-electron chi connectivity index (χ0n) is 17.8. The van der Waals surface area contributed by atoms with Crippen LogP contribution in [0.2, 0.25) is 0 Å². The highest BCUT2D eigenvalue weighted by Crippen LogP contribution is 2.59. The van der Waals surface area contributed by atoms with Crippen molar-refractivity contribution in [3.05, 3.63) is 102 Å². The van der Waals surface area contributed by atoms with E-state index in [1.165, 1.54) is 16.7 Å². The lowest BCUT2D eigenvalue weighted by Crippen LogP contribution is -2.40. The van der Waals surface area contributed by atoms with Crippen molar-refractivity contribution in [2.75, 3.05) is 27.2 Å². The Kier molecular flexibility index (Phi) is 8.21. The van der Waals surface area contributed by atoms with E-state index in [9.17, 15) is 0 Å². The molecule has 158 valence electrons. The number of rotatable bonds is 9. The standard InChI is InChI=1S/C26H29I2NO/c1-4-25(27,21-11-7-5-8-12-21)26(28,22-13-9-6-10-14-22)23-15-17-24(18-16-23)30-20-19-29(2)3/h5-18H,4,19-20H2,1-3H3. The van der Waals surface area contributed by atoms with Crippen molar-refractivity contribution < 1.29 is 4.74 Å². The maximum Gasteiger partial charge on any atom is 0.119 e. The van der Waals surface area contributed by atoms with Crippen LogP contribution in [0.3, 0.4) is 0 Å². The number of halogens is 2. The van der Waals surface area contributed by atoms with Gasteiger partial charge in [0.2, 0.25) is 0 Å². The monoisotopic (exact) mass is 625 g/mol. The number of hydrogen-bond donors (Lipinski definition) is 0. The first kappa shape index (κ1) is 23.5. The van der Waals surface area contributed by atoms with Gasteiger partial charge in [-0.05, 0) is 49.3 Å². The molecule has 0 aliphatic carbocycles. The first-order valence-corrected chi connectivity index (χ1v) is 12.4. The first-order valence-electron chi connectivity index (χ1n) is 10.3. The quantitative estimate of drug-likeness (QED) is 0.187. The lowest BCUT2D eigenvalue weighted by atomic mass is 9.75. The van der Waals surface area contributed by atoms with Gasteiger partial charge in [-0.1, -0.05) is 125 Å². The van der Waals surface area contributed by atoms with Crippen LogP contribution in [0.15, 0.2) is 84.9 Å². The summed E-state index contributed by atoms with van der Waals surface area (Å²) in [4.78, 5) is 2.13. The van der Waals surface area contributed by atoms with Gasteiger partial charge in [-0.2, -0.15) is 0 Å². The molecular formula is C26H29I2NO. The maximum absolute atomic E-state index is 5.94. The van der Waals surface area contributed by atoms with E-state index in [0.717, 1.165) is 18.7 Å². The fourth-order valence-electron chi connectivity index (χ4n) is 3.77. The number of alkyl halides is 2. The lowest BCUT2D eigenvalue weighted by molar-refractivity contribution is 0.261. The van der Waals surface area contributed by atoms with E-state index < -0.39 is 0 Å². The van der Waals surface area contributed by atoms with Crippen molar-refractivity contribution in [1.29, 1.82) is 0 Å². The number of hydrogen-bond acceptors (Lipinski definition) is 2. The van der Waals surface area contributed by atoms with E-state index in [1.807, 2.05) is 0 Å². The second kappa shape index (κ2) is 10.5. The van der Waals surface area contributed by atoms with E-state index in [1.54, 1.807) is 0 Å². The third-order valence-corrected chi connectivity index (χ3v) is 10.9. The molecule has 0 radical (unpaired) electrons. The summed E-state index contributed by atoms with van der Waals surface area (Å²) in [6.45, 7) is 3.88. The summed E-state index contributed by atoms with van der Waals surface area (Å²) < 4.78 is 5.60. The van der Waals surface area contributed by atoms with Gasteiger partial charge in [0, 0.05) is 6.54 Å². The Labute approximate surface area is 208 Å². The predicted octanol–water partition coefficient (Wildman–Crippen LogP) is 7.05. The minimum Gasteiger partial charge on any atom is -0.492 e. The molecule has 3 rings (SSSR count). The van der Waals surface area contributed by atoms with Gasteiger partial charge in [0.25, 0.3) is 0 Å². The molecule has 30 heavy (non-hydrogen) atoms. The Hall–Kier alpha value is -1.12. The van der Waals surface area contributed by atoms with Gasteiger partial charge < -0.3 is 9.64 Å². The fourth-order valence-corrected chi connectivity index (χ4v) is 6.16. The Morgan fingerprint density at radius 2 is 1.23 bits per heavy atom. The molecule has 2 unspecified atom stereocenters. The van der Waals surface area contributed by atoms with E-state index >= 15 is 0 Å². The third-order valence-electron chi connectivity index (χ3n) is 5.50. The molecule has 0 aliphatic rings. The smallest absolute Gasteiger partial charge is 0.119 e. The minimum absolute atomic E-state index is 0.110. The summed E-state index contributed by atoms with van der Waals surface area (Å²) in [5.74, 6) is 0.919. The van der Waals surface area contributed by atoms with E-state index in [-0.39, 0.29) is 6.84 Å². The molecule has 0 N–H and O–H groups in total. The molecule has 0 aromatic heterocycles. The minimum atomic E-state index is -0.231. The van der Waals surface area contributed by atoms with Crippen LogP contribution < -0.4 is 4.74 Å². The molecule has 2 nitrogen and oxygen atoms in total. The molecule has 0 heterocycles. The summed E-state index contributed by atoms with van der Waals surface area (Å²) in [7, 11) is 4.12.